The number of hydrogen-bond donors (Lipinski definition) is 1. The van der Waals surface area contributed by atoms with E-state index in [1.165, 1.54) is 30.3 Å². The number of hydrogen-bond acceptors (Lipinski definition) is 5. The Morgan fingerprint density at radius 3 is 2.40 bits per heavy atom. The second-order valence-electron chi connectivity index (χ2n) is 6.36. The maximum atomic E-state index is 12.9. The molecule has 7 nitrogen and oxygen atoms in total. The van der Waals surface area contributed by atoms with E-state index in [0.29, 0.717) is 22.6 Å². The van der Waals surface area contributed by atoms with Crippen molar-refractivity contribution in [1.82, 2.24) is 5.32 Å². The average Bonchev–Trinajstić information content (AvgIpc) is 2.77. The number of nitrogens with one attached hydrogen (secondary N) is 1. The molecular formula is C22H19FN2O5. The number of halogens is 1. The van der Waals surface area contributed by atoms with Gasteiger partial charge in [-0.2, -0.15) is 0 Å². The van der Waals surface area contributed by atoms with Crippen molar-refractivity contribution in [2.45, 2.75) is 6.54 Å². The standard InChI is InChI=1S/C22H19FN2O5/c1-29-19-9-4-16(5-10-19)20-12-18(25(27)28)8-11-21(20)30-14-22(26)24-13-15-2-6-17(23)7-3-15/h2-12H,13-14H2,1H3,(H,24,26). The smallest absolute Gasteiger partial charge is 0.270 e. The van der Waals surface area contributed by atoms with E-state index in [-0.39, 0.29) is 30.6 Å². The van der Waals surface area contributed by atoms with E-state index < -0.39 is 4.92 Å². The molecule has 1 N–H and O–H groups in total. The minimum Gasteiger partial charge on any atom is -0.497 e. The van der Waals surface area contributed by atoms with Gasteiger partial charge in [-0.1, -0.05) is 24.3 Å². The molecule has 154 valence electrons. The van der Waals surface area contributed by atoms with Crippen molar-refractivity contribution in [3.8, 4) is 22.6 Å². The average molecular weight is 410 g/mol. The SMILES string of the molecule is COc1ccc(-c2cc([N+](=O)[O-])ccc2OCC(=O)NCc2ccc(F)cc2)cc1. The van der Waals surface area contributed by atoms with Crippen LogP contribution in [0, 0.1) is 15.9 Å². The van der Waals surface area contributed by atoms with Gasteiger partial charge < -0.3 is 14.8 Å². The molecule has 3 rings (SSSR count). The highest BCUT2D eigenvalue weighted by Gasteiger charge is 2.15. The molecule has 0 fully saturated rings. The molecule has 1 amide bonds. The van der Waals surface area contributed by atoms with Gasteiger partial charge in [0.15, 0.2) is 6.61 Å². The van der Waals surface area contributed by atoms with Crippen molar-refractivity contribution >= 4 is 11.6 Å². The van der Waals surface area contributed by atoms with E-state index in [4.69, 9.17) is 9.47 Å². The summed E-state index contributed by atoms with van der Waals surface area (Å²) >= 11 is 0. The van der Waals surface area contributed by atoms with E-state index in [9.17, 15) is 19.3 Å². The highest BCUT2D eigenvalue weighted by molar-refractivity contribution is 5.78. The van der Waals surface area contributed by atoms with Crippen LogP contribution in [0.25, 0.3) is 11.1 Å². The molecule has 0 heterocycles. The lowest BCUT2D eigenvalue weighted by atomic mass is 10.0. The Morgan fingerprint density at radius 1 is 1.07 bits per heavy atom. The second kappa shape index (κ2) is 9.51. The Bertz CT molecular complexity index is 1040. The zero-order valence-electron chi connectivity index (χ0n) is 16.1. The predicted octanol–water partition coefficient (Wildman–Crippen LogP) is 4.10. The van der Waals surface area contributed by atoms with Crippen LogP contribution >= 0.6 is 0 Å². The van der Waals surface area contributed by atoms with Crippen LogP contribution in [0.15, 0.2) is 66.7 Å². The Labute approximate surface area is 172 Å². The molecule has 0 unspecified atom stereocenters. The second-order valence-corrected chi connectivity index (χ2v) is 6.36. The summed E-state index contributed by atoms with van der Waals surface area (Å²) in [6.45, 7) is -0.0454. The molecule has 30 heavy (non-hydrogen) atoms. The van der Waals surface area contributed by atoms with Crippen molar-refractivity contribution in [2.75, 3.05) is 13.7 Å². The topological polar surface area (TPSA) is 90.7 Å². The monoisotopic (exact) mass is 410 g/mol. The summed E-state index contributed by atoms with van der Waals surface area (Å²) in [5, 5.41) is 13.8. The largest absolute Gasteiger partial charge is 0.497 e. The molecule has 3 aromatic carbocycles. The van der Waals surface area contributed by atoms with Crippen molar-refractivity contribution < 1.29 is 23.6 Å². The summed E-state index contributed by atoms with van der Waals surface area (Å²) in [4.78, 5) is 22.8. The summed E-state index contributed by atoms with van der Waals surface area (Å²) in [6, 6.07) is 16.9. The molecule has 0 spiro atoms. The van der Waals surface area contributed by atoms with Gasteiger partial charge >= 0.3 is 0 Å². The number of carbonyl (C=O) groups excluding carboxylic acids is 1. The molecule has 0 aromatic heterocycles. The predicted molar refractivity (Wildman–Crippen MR) is 109 cm³/mol. The first kappa shape index (κ1) is 20.8. The van der Waals surface area contributed by atoms with Crippen LogP contribution < -0.4 is 14.8 Å². The van der Waals surface area contributed by atoms with Crippen LogP contribution in [-0.4, -0.2) is 24.5 Å². The Morgan fingerprint density at radius 2 is 1.77 bits per heavy atom. The number of nitro benzene ring substituents is 1. The third kappa shape index (κ3) is 5.32. The maximum absolute atomic E-state index is 12.9. The Balaban J connectivity index is 1.71. The minimum atomic E-state index is -0.494. The van der Waals surface area contributed by atoms with E-state index in [0.717, 1.165) is 5.56 Å². The van der Waals surface area contributed by atoms with Crippen LogP contribution in [-0.2, 0) is 11.3 Å². The molecule has 8 heteroatoms. The van der Waals surface area contributed by atoms with Crippen LogP contribution in [0.1, 0.15) is 5.56 Å². The van der Waals surface area contributed by atoms with Gasteiger partial charge in [0.1, 0.15) is 17.3 Å². The van der Waals surface area contributed by atoms with Gasteiger partial charge in [0.05, 0.1) is 12.0 Å². The molecule has 0 radical (unpaired) electrons. The summed E-state index contributed by atoms with van der Waals surface area (Å²) in [7, 11) is 1.54. The number of non-ortho nitro benzene ring substituents is 1. The van der Waals surface area contributed by atoms with E-state index in [2.05, 4.69) is 5.32 Å². The number of amides is 1. The summed E-state index contributed by atoms with van der Waals surface area (Å²) in [5.41, 5.74) is 1.83. The lowest BCUT2D eigenvalue weighted by molar-refractivity contribution is -0.384. The molecule has 0 saturated heterocycles. The van der Waals surface area contributed by atoms with E-state index in [1.54, 1.807) is 43.5 Å². The van der Waals surface area contributed by atoms with Gasteiger partial charge in [0.2, 0.25) is 0 Å². The number of nitrogens with zero attached hydrogens (tertiary/aromatic N) is 1. The lowest BCUT2D eigenvalue weighted by Crippen LogP contribution is -2.28. The van der Waals surface area contributed by atoms with Crippen LogP contribution in [0.2, 0.25) is 0 Å². The molecule has 0 aliphatic heterocycles. The van der Waals surface area contributed by atoms with Gasteiger partial charge in [0, 0.05) is 24.2 Å². The molecule has 0 saturated carbocycles. The first-order valence-corrected chi connectivity index (χ1v) is 9.03. The highest BCUT2D eigenvalue weighted by Crippen LogP contribution is 2.34. The highest BCUT2D eigenvalue weighted by atomic mass is 19.1. The van der Waals surface area contributed by atoms with Crippen molar-refractivity contribution in [1.29, 1.82) is 0 Å². The third-order valence-corrected chi connectivity index (χ3v) is 4.34. The number of rotatable bonds is 8. The summed E-state index contributed by atoms with van der Waals surface area (Å²) in [5.74, 6) is 0.255. The van der Waals surface area contributed by atoms with Gasteiger partial charge in [-0.15, -0.1) is 0 Å². The van der Waals surface area contributed by atoms with Gasteiger partial charge in [-0.25, -0.2) is 4.39 Å². The zero-order valence-corrected chi connectivity index (χ0v) is 16.1. The first-order chi connectivity index (χ1) is 14.5. The Hall–Kier alpha value is -3.94. The molecule has 0 aliphatic carbocycles. The van der Waals surface area contributed by atoms with E-state index in [1.807, 2.05) is 0 Å². The fourth-order valence-electron chi connectivity index (χ4n) is 2.75. The van der Waals surface area contributed by atoms with Gasteiger partial charge in [0.25, 0.3) is 11.6 Å². The van der Waals surface area contributed by atoms with Crippen molar-refractivity contribution in [3.05, 3.63) is 88.2 Å². The lowest BCUT2D eigenvalue weighted by Gasteiger charge is -2.12. The normalized spacial score (nSPS) is 10.3. The number of methoxy groups -OCH3 is 1. The third-order valence-electron chi connectivity index (χ3n) is 4.34. The van der Waals surface area contributed by atoms with E-state index >= 15 is 0 Å². The van der Waals surface area contributed by atoms with Gasteiger partial charge in [-0.05, 0) is 41.5 Å². The first-order valence-electron chi connectivity index (χ1n) is 9.03. The van der Waals surface area contributed by atoms with Gasteiger partial charge in [-0.3, -0.25) is 14.9 Å². The van der Waals surface area contributed by atoms with Crippen molar-refractivity contribution in [3.63, 3.8) is 0 Å². The summed E-state index contributed by atoms with van der Waals surface area (Å²) < 4.78 is 23.7. The molecule has 0 bridgehead atoms. The van der Waals surface area contributed by atoms with Crippen molar-refractivity contribution in [2.24, 2.45) is 0 Å². The molecule has 0 aliphatic rings. The fourth-order valence-corrected chi connectivity index (χ4v) is 2.75. The fraction of sp³-hybridized carbons (Fsp3) is 0.136. The molecule has 0 atom stereocenters. The van der Waals surface area contributed by atoms with Crippen LogP contribution in [0.4, 0.5) is 10.1 Å². The number of benzene rings is 3. The number of carbonyl (C=O) groups is 1. The number of ether oxygens (including phenoxy) is 2. The Kier molecular flexibility index (Phi) is 6.59. The van der Waals surface area contributed by atoms with Crippen LogP contribution in [0.3, 0.4) is 0 Å². The maximum Gasteiger partial charge on any atom is 0.270 e. The molecule has 3 aromatic rings. The van der Waals surface area contributed by atoms with Crippen LogP contribution in [0.5, 0.6) is 11.5 Å². The molecular weight excluding hydrogens is 391 g/mol. The number of nitro groups is 1. The zero-order chi connectivity index (χ0) is 21.5. The minimum absolute atomic E-state index is 0.0890. The summed E-state index contributed by atoms with van der Waals surface area (Å²) in [6.07, 6.45) is 0. The quantitative estimate of drug-likeness (QED) is 0.446.